The molecule has 1 aromatic rings. The second-order valence-corrected chi connectivity index (χ2v) is 6.68. The van der Waals surface area contributed by atoms with Crippen molar-refractivity contribution in [3.8, 4) is 0 Å². The van der Waals surface area contributed by atoms with Gasteiger partial charge in [0.15, 0.2) is 0 Å². The first-order valence-electron chi connectivity index (χ1n) is 8.46. The van der Waals surface area contributed by atoms with Gasteiger partial charge in [-0.15, -0.1) is 4.91 Å². The number of hydrogen-bond donors (Lipinski definition) is 1. The molecule has 2 rings (SSSR count). The summed E-state index contributed by atoms with van der Waals surface area (Å²) in [5.74, 6) is 0.199. The van der Waals surface area contributed by atoms with Crippen molar-refractivity contribution in [1.29, 1.82) is 0 Å². The molecule has 2 N–H and O–H groups in total. The number of nitrogens with zero attached hydrogens (tertiary/aromatic N) is 3. The Balaban J connectivity index is 2.14. The fourth-order valence-electron chi connectivity index (χ4n) is 2.99. The van der Waals surface area contributed by atoms with Gasteiger partial charge in [0.25, 0.3) is 0 Å². The van der Waals surface area contributed by atoms with Crippen LogP contribution in [0, 0.1) is 4.91 Å². The Morgan fingerprint density at radius 2 is 2.04 bits per heavy atom. The molecule has 0 radical (unpaired) electrons. The second-order valence-electron chi connectivity index (χ2n) is 6.68. The molecule has 130 valence electrons. The number of likely N-dealkylation sites (N-methyl/N-ethyl adjacent to an activating group) is 1. The highest BCUT2D eigenvalue weighted by Gasteiger charge is 2.15. The molecular weight excluding hydrogens is 300 g/mol. The first-order valence-corrected chi connectivity index (χ1v) is 8.46. The highest BCUT2D eigenvalue weighted by molar-refractivity contribution is 5.42. The maximum Gasteiger partial charge on any atom is 0.108 e. The molecule has 1 aliphatic heterocycles. The Labute approximate surface area is 144 Å². The average Bonchev–Trinajstić information content (AvgIpc) is 2.56. The van der Waals surface area contributed by atoms with Gasteiger partial charge in [-0.1, -0.05) is 25.1 Å². The number of hydrogen-bond acceptors (Lipinski definition) is 5. The highest BCUT2D eigenvalue weighted by Crippen LogP contribution is 2.23. The molecule has 1 aromatic carbocycles. The third-order valence-electron chi connectivity index (χ3n) is 4.38. The normalized spacial score (nSPS) is 19.3. The van der Waals surface area contributed by atoms with E-state index in [1.165, 1.54) is 5.57 Å². The van der Waals surface area contributed by atoms with Crippen LogP contribution in [-0.4, -0.2) is 49.6 Å². The second kappa shape index (κ2) is 8.76. The van der Waals surface area contributed by atoms with Gasteiger partial charge in [-0.25, -0.2) is 0 Å². The minimum atomic E-state index is 0.199. The van der Waals surface area contributed by atoms with Gasteiger partial charge in [0.05, 0.1) is 0 Å². The van der Waals surface area contributed by atoms with Crippen LogP contribution in [0.4, 0.5) is 5.69 Å². The summed E-state index contributed by atoms with van der Waals surface area (Å²) in [5.41, 5.74) is 9.51. The van der Waals surface area contributed by atoms with Crippen molar-refractivity contribution in [3.63, 3.8) is 0 Å². The number of allylic oxidation sites excluding steroid dienone is 2. The molecule has 0 spiro atoms. The van der Waals surface area contributed by atoms with E-state index in [4.69, 9.17) is 5.73 Å². The van der Waals surface area contributed by atoms with Crippen LogP contribution in [0.1, 0.15) is 25.3 Å². The fourth-order valence-corrected chi connectivity index (χ4v) is 2.99. The Hall–Kier alpha value is -1.98. The van der Waals surface area contributed by atoms with Crippen molar-refractivity contribution in [1.82, 2.24) is 9.80 Å². The molecule has 1 atom stereocenters. The van der Waals surface area contributed by atoms with E-state index in [1.54, 1.807) is 6.07 Å². The van der Waals surface area contributed by atoms with Gasteiger partial charge < -0.3 is 10.6 Å². The van der Waals surface area contributed by atoms with Crippen molar-refractivity contribution in [2.75, 3.05) is 39.8 Å². The molecule has 1 fully saturated rings. The summed E-state index contributed by atoms with van der Waals surface area (Å²) in [7, 11) is 2.16. The molecule has 0 saturated carbocycles. The first-order chi connectivity index (χ1) is 11.5. The molecule has 5 heteroatoms. The van der Waals surface area contributed by atoms with E-state index in [0.717, 1.165) is 44.0 Å². The van der Waals surface area contributed by atoms with Crippen LogP contribution in [0.15, 0.2) is 52.9 Å². The topological polar surface area (TPSA) is 61.9 Å². The maximum atomic E-state index is 10.7. The molecule has 5 nitrogen and oxygen atoms in total. The monoisotopic (exact) mass is 328 g/mol. The van der Waals surface area contributed by atoms with Gasteiger partial charge >= 0.3 is 0 Å². The summed E-state index contributed by atoms with van der Waals surface area (Å²) < 4.78 is 0. The number of piperazine rings is 1. The van der Waals surface area contributed by atoms with E-state index in [0.29, 0.717) is 5.69 Å². The summed E-state index contributed by atoms with van der Waals surface area (Å²) in [6.45, 7) is 9.29. The van der Waals surface area contributed by atoms with E-state index in [1.807, 2.05) is 25.1 Å². The lowest BCUT2D eigenvalue weighted by atomic mass is 9.97. The molecule has 0 aliphatic carbocycles. The van der Waals surface area contributed by atoms with E-state index in [9.17, 15) is 4.91 Å². The Morgan fingerprint density at radius 3 is 2.67 bits per heavy atom. The number of rotatable bonds is 6. The van der Waals surface area contributed by atoms with E-state index in [-0.39, 0.29) is 5.92 Å². The first kappa shape index (κ1) is 18.4. The van der Waals surface area contributed by atoms with Crippen LogP contribution < -0.4 is 5.73 Å². The van der Waals surface area contributed by atoms with Crippen molar-refractivity contribution in [2.24, 2.45) is 10.9 Å². The SMILES string of the molecule is C/C(N)=C/C(=C\C(C)c1cccc(N=O)c1)CN1CCN(C)CC1. The van der Waals surface area contributed by atoms with Gasteiger partial charge in [0.1, 0.15) is 5.69 Å². The maximum absolute atomic E-state index is 10.7. The van der Waals surface area contributed by atoms with Crippen molar-refractivity contribution in [3.05, 3.63) is 58.2 Å². The average molecular weight is 328 g/mol. The van der Waals surface area contributed by atoms with Crippen LogP contribution in [0.2, 0.25) is 0 Å². The predicted octanol–water partition coefficient (Wildman–Crippen LogP) is 3.22. The van der Waals surface area contributed by atoms with Gasteiger partial charge in [0, 0.05) is 38.4 Å². The summed E-state index contributed by atoms with van der Waals surface area (Å²) >= 11 is 0. The fraction of sp³-hybridized carbons (Fsp3) is 0.474. The molecule has 1 aliphatic rings. The molecule has 1 unspecified atom stereocenters. The quantitative estimate of drug-likeness (QED) is 0.643. The molecule has 1 saturated heterocycles. The zero-order valence-electron chi connectivity index (χ0n) is 14.9. The summed E-state index contributed by atoms with van der Waals surface area (Å²) in [4.78, 5) is 15.5. The van der Waals surface area contributed by atoms with Crippen molar-refractivity contribution < 1.29 is 0 Å². The van der Waals surface area contributed by atoms with Crippen molar-refractivity contribution >= 4 is 5.69 Å². The third-order valence-corrected chi connectivity index (χ3v) is 4.38. The van der Waals surface area contributed by atoms with Crippen LogP contribution >= 0.6 is 0 Å². The molecule has 0 bridgehead atoms. The zero-order chi connectivity index (χ0) is 17.5. The molecule has 0 aromatic heterocycles. The van der Waals surface area contributed by atoms with Gasteiger partial charge in [-0.2, -0.15) is 0 Å². The van der Waals surface area contributed by atoms with Gasteiger partial charge in [-0.05, 0) is 54.4 Å². The lowest BCUT2D eigenvalue weighted by Crippen LogP contribution is -2.45. The number of nitroso groups, excluding NO2 is 1. The largest absolute Gasteiger partial charge is 0.402 e. The molecule has 0 amide bonds. The predicted molar refractivity (Wildman–Crippen MR) is 100 cm³/mol. The molecule has 1 heterocycles. The van der Waals surface area contributed by atoms with Crippen LogP contribution in [0.3, 0.4) is 0 Å². The van der Waals surface area contributed by atoms with E-state index in [2.05, 4.69) is 41.1 Å². The standard InChI is InChI=1S/C19H28N4O/c1-15(18-5-4-6-19(13-18)21-24)11-17(12-16(2)20)14-23-9-7-22(3)8-10-23/h4-6,11-13,15H,7-10,14,20H2,1-3H3/b16-12-,17-11+. The smallest absolute Gasteiger partial charge is 0.108 e. The van der Waals surface area contributed by atoms with Crippen molar-refractivity contribution in [2.45, 2.75) is 19.8 Å². The molecular formula is C19H28N4O. The van der Waals surface area contributed by atoms with Crippen LogP contribution in [0.5, 0.6) is 0 Å². The zero-order valence-corrected chi connectivity index (χ0v) is 14.9. The number of nitrogens with two attached hydrogens (primary N) is 1. The Bertz CT molecular complexity index is 612. The van der Waals surface area contributed by atoms with Gasteiger partial charge in [-0.3, -0.25) is 4.90 Å². The van der Waals surface area contributed by atoms with E-state index < -0.39 is 0 Å². The Kier molecular flexibility index (Phi) is 6.70. The van der Waals surface area contributed by atoms with E-state index >= 15 is 0 Å². The lowest BCUT2D eigenvalue weighted by molar-refractivity contribution is 0.164. The van der Waals surface area contributed by atoms with Crippen LogP contribution in [0.25, 0.3) is 0 Å². The summed E-state index contributed by atoms with van der Waals surface area (Å²) in [5, 5.41) is 3.03. The highest BCUT2D eigenvalue weighted by atomic mass is 16.3. The third kappa shape index (κ3) is 5.58. The summed E-state index contributed by atoms with van der Waals surface area (Å²) in [6.07, 6.45) is 4.29. The van der Waals surface area contributed by atoms with Crippen LogP contribution in [-0.2, 0) is 0 Å². The lowest BCUT2D eigenvalue weighted by Gasteiger charge is -2.32. The Morgan fingerprint density at radius 1 is 1.33 bits per heavy atom. The summed E-state index contributed by atoms with van der Waals surface area (Å²) in [6, 6.07) is 7.48. The van der Waals surface area contributed by atoms with Gasteiger partial charge in [0.2, 0.25) is 0 Å². The minimum absolute atomic E-state index is 0.199. The molecule has 24 heavy (non-hydrogen) atoms. The number of benzene rings is 1. The minimum Gasteiger partial charge on any atom is -0.402 e.